The number of hydrogen-bond donors (Lipinski definition) is 1. The summed E-state index contributed by atoms with van der Waals surface area (Å²) in [5.74, 6) is -0.837. The molecule has 0 saturated heterocycles. The van der Waals surface area contributed by atoms with Gasteiger partial charge in [-0.05, 0) is 30.3 Å². The third kappa shape index (κ3) is 3.08. The number of benzene rings is 1. The van der Waals surface area contributed by atoms with Gasteiger partial charge in [-0.15, -0.1) is 0 Å². The Hall–Kier alpha value is -2.90. The number of pyridine rings is 1. The molecule has 1 aromatic carbocycles. The smallest absolute Gasteiger partial charge is 0.335 e. The van der Waals surface area contributed by atoms with Crippen LogP contribution in [0.1, 0.15) is 22.1 Å². The molecule has 0 bridgehead atoms. The Kier molecular flexibility index (Phi) is 3.96. The second-order valence-electron chi connectivity index (χ2n) is 5.26. The summed E-state index contributed by atoms with van der Waals surface area (Å²) in [4.78, 5) is 20.0. The number of rotatable bonds is 3. The Balaban J connectivity index is 1.89. The van der Waals surface area contributed by atoms with E-state index >= 15 is 0 Å². The van der Waals surface area contributed by atoms with Crippen molar-refractivity contribution in [2.45, 2.75) is 12.2 Å². The number of imidazole rings is 1. The van der Waals surface area contributed by atoms with Gasteiger partial charge in [0.1, 0.15) is 0 Å². The highest BCUT2D eigenvalue weighted by Crippen LogP contribution is 2.31. The fourth-order valence-corrected chi connectivity index (χ4v) is 2.36. The molecule has 5 nitrogen and oxygen atoms in total. The standard InChI is InChI=1S/C16H13F3N4O/c1-23-9-21-12-8-10(5-6-13(12)23)15(24)22-14(16(17,18)19)11-4-2-3-7-20-11/h2-9,14H,1H3,(H,22,24)/t14-/m1/s1. The first-order valence-electron chi connectivity index (χ1n) is 7.06. The second-order valence-corrected chi connectivity index (χ2v) is 5.26. The van der Waals surface area contributed by atoms with Crippen LogP contribution in [0.25, 0.3) is 11.0 Å². The predicted molar refractivity (Wildman–Crippen MR) is 81.2 cm³/mol. The molecule has 1 atom stereocenters. The second kappa shape index (κ2) is 5.95. The van der Waals surface area contributed by atoms with Crippen molar-refractivity contribution in [1.82, 2.24) is 19.9 Å². The Labute approximate surface area is 135 Å². The van der Waals surface area contributed by atoms with Crippen molar-refractivity contribution in [1.29, 1.82) is 0 Å². The number of aromatic nitrogens is 3. The lowest BCUT2D eigenvalue weighted by Crippen LogP contribution is -2.38. The number of nitrogens with one attached hydrogen (secondary N) is 1. The zero-order valence-electron chi connectivity index (χ0n) is 12.6. The number of carbonyl (C=O) groups is 1. The molecule has 0 aliphatic heterocycles. The van der Waals surface area contributed by atoms with Crippen LogP contribution in [-0.4, -0.2) is 26.6 Å². The van der Waals surface area contributed by atoms with Crippen molar-refractivity contribution in [3.8, 4) is 0 Å². The molecule has 1 amide bonds. The molecule has 2 aromatic heterocycles. The van der Waals surface area contributed by atoms with Crippen LogP contribution in [0.2, 0.25) is 0 Å². The molecule has 0 radical (unpaired) electrons. The van der Waals surface area contributed by atoms with Gasteiger partial charge in [0.25, 0.3) is 5.91 Å². The van der Waals surface area contributed by atoms with E-state index in [4.69, 9.17) is 0 Å². The van der Waals surface area contributed by atoms with Gasteiger partial charge in [-0.3, -0.25) is 9.78 Å². The normalized spacial score (nSPS) is 13.0. The fraction of sp³-hybridized carbons (Fsp3) is 0.188. The van der Waals surface area contributed by atoms with Crippen LogP contribution < -0.4 is 5.32 Å². The molecular weight excluding hydrogens is 321 g/mol. The minimum absolute atomic E-state index is 0.103. The maximum Gasteiger partial charge on any atom is 0.414 e. The summed E-state index contributed by atoms with van der Waals surface area (Å²) in [5, 5.41) is 2.00. The van der Waals surface area contributed by atoms with Crippen LogP contribution in [-0.2, 0) is 7.05 Å². The Bertz CT molecular complexity index is 874. The fourth-order valence-electron chi connectivity index (χ4n) is 2.36. The number of fused-ring (bicyclic) bond motifs is 1. The highest BCUT2D eigenvalue weighted by atomic mass is 19.4. The van der Waals surface area contributed by atoms with Crippen molar-refractivity contribution in [2.75, 3.05) is 0 Å². The summed E-state index contributed by atoms with van der Waals surface area (Å²) in [6, 6.07) is 6.55. The number of carbonyl (C=O) groups excluding carboxylic acids is 1. The summed E-state index contributed by atoms with van der Waals surface area (Å²) >= 11 is 0. The van der Waals surface area contributed by atoms with E-state index in [9.17, 15) is 18.0 Å². The van der Waals surface area contributed by atoms with Crippen LogP contribution in [0, 0.1) is 0 Å². The van der Waals surface area contributed by atoms with Crippen molar-refractivity contribution in [3.63, 3.8) is 0 Å². The largest absolute Gasteiger partial charge is 0.414 e. The van der Waals surface area contributed by atoms with E-state index < -0.39 is 18.1 Å². The van der Waals surface area contributed by atoms with Crippen molar-refractivity contribution >= 4 is 16.9 Å². The molecule has 0 unspecified atom stereocenters. The Morgan fingerprint density at radius 2 is 2.00 bits per heavy atom. The number of aryl methyl sites for hydroxylation is 1. The summed E-state index contributed by atoms with van der Waals surface area (Å²) < 4.78 is 41.6. The lowest BCUT2D eigenvalue weighted by molar-refractivity contribution is -0.156. The molecular formula is C16H13F3N4O. The summed E-state index contributed by atoms with van der Waals surface area (Å²) in [5.41, 5.74) is 1.15. The molecule has 3 aromatic rings. The molecule has 0 spiro atoms. The van der Waals surface area contributed by atoms with Crippen LogP contribution in [0.3, 0.4) is 0 Å². The molecule has 0 aliphatic rings. The maximum absolute atomic E-state index is 13.3. The zero-order chi connectivity index (χ0) is 17.3. The Morgan fingerprint density at radius 3 is 2.67 bits per heavy atom. The molecule has 2 heterocycles. The van der Waals surface area contributed by atoms with E-state index in [1.165, 1.54) is 36.5 Å². The van der Waals surface area contributed by atoms with Gasteiger partial charge in [-0.25, -0.2) is 4.98 Å². The SMILES string of the molecule is Cn1cnc2cc(C(=O)N[C@H](c3ccccn3)C(F)(F)F)ccc21. The van der Waals surface area contributed by atoms with E-state index in [-0.39, 0.29) is 11.3 Å². The number of nitrogens with zero attached hydrogens (tertiary/aromatic N) is 3. The highest BCUT2D eigenvalue weighted by molar-refractivity contribution is 5.97. The average Bonchev–Trinajstić information content (AvgIpc) is 2.93. The molecule has 24 heavy (non-hydrogen) atoms. The topological polar surface area (TPSA) is 59.8 Å². The monoisotopic (exact) mass is 334 g/mol. The van der Waals surface area contributed by atoms with Gasteiger partial charge >= 0.3 is 6.18 Å². The molecule has 0 fully saturated rings. The highest BCUT2D eigenvalue weighted by Gasteiger charge is 2.42. The molecule has 124 valence electrons. The van der Waals surface area contributed by atoms with Crippen LogP contribution in [0.5, 0.6) is 0 Å². The third-order valence-electron chi connectivity index (χ3n) is 3.57. The molecule has 1 N–H and O–H groups in total. The zero-order valence-corrected chi connectivity index (χ0v) is 12.6. The van der Waals surface area contributed by atoms with Gasteiger partial charge < -0.3 is 9.88 Å². The van der Waals surface area contributed by atoms with Gasteiger partial charge in [-0.2, -0.15) is 13.2 Å². The summed E-state index contributed by atoms with van der Waals surface area (Å²) in [6.45, 7) is 0. The number of amides is 1. The number of hydrogen-bond acceptors (Lipinski definition) is 3. The lowest BCUT2D eigenvalue weighted by Gasteiger charge is -2.21. The van der Waals surface area contributed by atoms with Gasteiger partial charge in [0.05, 0.1) is 23.1 Å². The van der Waals surface area contributed by atoms with E-state index in [1.54, 1.807) is 24.0 Å². The van der Waals surface area contributed by atoms with Crippen molar-refractivity contribution in [3.05, 3.63) is 60.2 Å². The average molecular weight is 334 g/mol. The van der Waals surface area contributed by atoms with E-state index in [2.05, 4.69) is 9.97 Å². The lowest BCUT2D eigenvalue weighted by atomic mass is 10.1. The van der Waals surface area contributed by atoms with Crippen molar-refractivity contribution < 1.29 is 18.0 Å². The van der Waals surface area contributed by atoms with Crippen LogP contribution in [0.15, 0.2) is 48.9 Å². The number of halogens is 3. The summed E-state index contributed by atoms with van der Waals surface area (Å²) in [7, 11) is 1.79. The van der Waals surface area contributed by atoms with E-state index in [0.717, 1.165) is 5.52 Å². The first kappa shape index (κ1) is 16.0. The van der Waals surface area contributed by atoms with Crippen molar-refractivity contribution in [2.24, 2.45) is 7.05 Å². The first-order valence-corrected chi connectivity index (χ1v) is 7.06. The molecule has 3 rings (SSSR count). The van der Waals surface area contributed by atoms with Crippen LogP contribution >= 0.6 is 0 Å². The maximum atomic E-state index is 13.3. The predicted octanol–water partition coefficient (Wildman–Crippen LogP) is 3.00. The van der Waals surface area contributed by atoms with E-state index in [0.29, 0.717) is 5.52 Å². The minimum atomic E-state index is -4.65. The van der Waals surface area contributed by atoms with Gasteiger partial charge in [-0.1, -0.05) is 6.07 Å². The Morgan fingerprint density at radius 1 is 1.21 bits per heavy atom. The van der Waals surface area contributed by atoms with Crippen LogP contribution in [0.4, 0.5) is 13.2 Å². The summed E-state index contributed by atoms with van der Waals surface area (Å²) in [6.07, 6.45) is -1.84. The quantitative estimate of drug-likeness (QED) is 0.801. The minimum Gasteiger partial charge on any atom is -0.335 e. The van der Waals surface area contributed by atoms with E-state index in [1.807, 2.05) is 5.32 Å². The number of alkyl halides is 3. The van der Waals surface area contributed by atoms with Gasteiger partial charge in [0, 0.05) is 18.8 Å². The van der Waals surface area contributed by atoms with Gasteiger partial charge in [0.15, 0.2) is 6.04 Å². The molecule has 0 saturated carbocycles. The first-order chi connectivity index (χ1) is 11.4. The third-order valence-corrected chi connectivity index (χ3v) is 3.57. The van der Waals surface area contributed by atoms with Gasteiger partial charge in [0.2, 0.25) is 0 Å². The molecule has 8 heteroatoms. The molecule has 0 aliphatic carbocycles.